The summed E-state index contributed by atoms with van der Waals surface area (Å²) in [6.07, 6.45) is 0. The Balaban J connectivity index is 1.77. The molecule has 0 aliphatic heterocycles. The average molecular weight is 373 g/mol. The van der Waals surface area contributed by atoms with E-state index in [2.05, 4.69) is 16.0 Å². The van der Waals surface area contributed by atoms with Gasteiger partial charge in [0.1, 0.15) is 22.2 Å². The van der Waals surface area contributed by atoms with Crippen molar-refractivity contribution in [2.75, 3.05) is 0 Å². The van der Waals surface area contributed by atoms with Gasteiger partial charge < -0.3 is 4.42 Å². The van der Waals surface area contributed by atoms with Crippen molar-refractivity contribution in [3.63, 3.8) is 0 Å². The van der Waals surface area contributed by atoms with E-state index in [1.54, 1.807) is 26.8 Å². The summed E-state index contributed by atoms with van der Waals surface area (Å²) in [7, 11) is 0. The molecule has 0 atom stereocenters. The number of aryl methyl sites for hydroxylation is 3. The molecule has 1 aromatic carbocycles. The maximum Gasteiger partial charge on any atom is 0.274 e. The van der Waals surface area contributed by atoms with Gasteiger partial charge in [0.2, 0.25) is 0 Å². The second-order valence-corrected chi connectivity index (χ2v) is 6.09. The second kappa shape index (κ2) is 7.05. The third-order valence-corrected chi connectivity index (χ3v) is 4.16. The predicted molar refractivity (Wildman–Crippen MR) is 96.4 cm³/mol. The quantitative estimate of drug-likeness (QED) is 0.691. The Morgan fingerprint density at radius 1 is 1.08 bits per heavy atom. The Morgan fingerprint density at radius 2 is 1.73 bits per heavy atom. The number of nitrogens with one attached hydrogen (secondary N) is 2. The highest BCUT2D eigenvalue weighted by atomic mass is 35.5. The molecule has 8 heteroatoms. The van der Waals surface area contributed by atoms with Crippen molar-refractivity contribution in [3.8, 4) is 5.69 Å². The molecular formula is C18H17ClN4O3. The summed E-state index contributed by atoms with van der Waals surface area (Å²) in [5, 5.41) is 4.46. The highest BCUT2D eigenvalue weighted by Crippen LogP contribution is 2.23. The smallest absolute Gasteiger partial charge is 0.274 e. The van der Waals surface area contributed by atoms with Gasteiger partial charge in [0.15, 0.2) is 0 Å². The number of amides is 2. The first-order chi connectivity index (χ1) is 12.4. The molecule has 0 saturated heterocycles. The second-order valence-electron chi connectivity index (χ2n) is 5.73. The van der Waals surface area contributed by atoms with Gasteiger partial charge in [0.25, 0.3) is 11.8 Å². The highest BCUT2D eigenvalue weighted by Gasteiger charge is 2.22. The SMILES string of the molecule is Cc1cc(C(=O)NNC(=O)c2c(C)nn(-c3ccccc3)c2Cl)c(C)o1. The normalized spacial score (nSPS) is 10.6. The minimum absolute atomic E-state index is 0.163. The van der Waals surface area contributed by atoms with Crippen molar-refractivity contribution in [1.82, 2.24) is 20.6 Å². The van der Waals surface area contributed by atoms with E-state index in [0.29, 0.717) is 22.8 Å². The molecule has 7 nitrogen and oxygen atoms in total. The molecule has 2 heterocycles. The number of halogens is 1. The van der Waals surface area contributed by atoms with Gasteiger partial charge in [-0.25, -0.2) is 4.68 Å². The van der Waals surface area contributed by atoms with Gasteiger partial charge in [-0.2, -0.15) is 5.10 Å². The molecule has 0 saturated carbocycles. The number of carbonyl (C=O) groups excluding carboxylic acids is 2. The maximum absolute atomic E-state index is 12.5. The van der Waals surface area contributed by atoms with E-state index in [4.69, 9.17) is 16.0 Å². The average Bonchev–Trinajstić information content (AvgIpc) is 3.11. The van der Waals surface area contributed by atoms with Crippen LogP contribution in [0.1, 0.15) is 37.9 Å². The molecule has 134 valence electrons. The van der Waals surface area contributed by atoms with E-state index in [9.17, 15) is 9.59 Å². The van der Waals surface area contributed by atoms with E-state index in [-0.39, 0.29) is 10.7 Å². The van der Waals surface area contributed by atoms with E-state index in [1.165, 1.54) is 4.68 Å². The number of hydrazine groups is 1. The molecule has 0 bridgehead atoms. The van der Waals surface area contributed by atoms with Crippen molar-refractivity contribution < 1.29 is 14.0 Å². The molecule has 26 heavy (non-hydrogen) atoms. The van der Waals surface area contributed by atoms with Crippen LogP contribution in [0.2, 0.25) is 5.15 Å². The van der Waals surface area contributed by atoms with Crippen molar-refractivity contribution in [2.45, 2.75) is 20.8 Å². The van der Waals surface area contributed by atoms with Crippen LogP contribution >= 0.6 is 11.6 Å². The van der Waals surface area contributed by atoms with Crippen molar-refractivity contribution in [3.05, 3.63) is 69.9 Å². The van der Waals surface area contributed by atoms with Gasteiger partial charge >= 0.3 is 0 Å². The van der Waals surface area contributed by atoms with Gasteiger partial charge in [-0.3, -0.25) is 20.4 Å². The summed E-state index contributed by atoms with van der Waals surface area (Å²) in [5.74, 6) is 0.0557. The summed E-state index contributed by atoms with van der Waals surface area (Å²) in [5.41, 5.74) is 6.44. The summed E-state index contributed by atoms with van der Waals surface area (Å²) in [6.45, 7) is 5.09. The Labute approximate surface area is 154 Å². The van der Waals surface area contributed by atoms with Crippen molar-refractivity contribution in [2.24, 2.45) is 0 Å². The van der Waals surface area contributed by atoms with Gasteiger partial charge in [-0.05, 0) is 39.0 Å². The van der Waals surface area contributed by atoms with Crippen LogP contribution in [0.15, 0.2) is 40.8 Å². The van der Waals surface area contributed by atoms with Crippen LogP contribution in [0.4, 0.5) is 0 Å². The fourth-order valence-corrected chi connectivity index (χ4v) is 2.95. The van der Waals surface area contributed by atoms with E-state index >= 15 is 0 Å². The zero-order valence-electron chi connectivity index (χ0n) is 14.5. The zero-order valence-corrected chi connectivity index (χ0v) is 15.2. The molecule has 0 radical (unpaired) electrons. The van der Waals surface area contributed by atoms with Crippen LogP contribution < -0.4 is 10.9 Å². The van der Waals surface area contributed by atoms with Crippen LogP contribution in [0, 0.1) is 20.8 Å². The fourth-order valence-electron chi connectivity index (χ4n) is 2.60. The Bertz CT molecular complexity index is 976. The van der Waals surface area contributed by atoms with Crippen molar-refractivity contribution >= 4 is 23.4 Å². The number of carbonyl (C=O) groups is 2. The number of hydrogen-bond donors (Lipinski definition) is 2. The Morgan fingerprint density at radius 3 is 2.35 bits per heavy atom. The van der Waals surface area contributed by atoms with Crippen LogP contribution in [-0.4, -0.2) is 21.6 Å². The predicted octanol–water partition coefficient (Wildman–Crippen LogP) is 3.12. The molecule has 2 aromatic heterocycles. The molecule has 3 aromatic rings. The molecule has 3 rings (SSSR count). The molecule has 0 spiro atoms. The van der Waals surface area contributed by atoms with Crippen molar-refractivity contribution in [1.29, 1.82) is 0 Å². The van der Waals surface area contributed by atoms with E-state index < -0.39 is 11.8 Å². The Kier molecular flexibility index (Phi) is 4.81. The summed E-state index contributed by atoms with van der Waals surface area (Å²) < 4.78 is 6.78. The van der Waals surface area contributed by atoms with Gasteiger partial charge in [0, 0.05) is 0 Å². The standard InChI is InChI=1S/C18H17ClN4O3/c1-10-9-14(12(3)26-10)17(24)20-21-18(25)15-11(2)22-23(16(15)19)13-7-5-4-6-8-13/h4-9H,1-3H3,(H,20,24)(H,21,25). The van der Waals surface area contributed by atoms with Gasteiger partial charge in [-0.15, -0.1) is 0 Å². The number of hydrogen-bond acceptors (Lipinski definition) is 4. The van der Waals surface area contributed by atoms with Gasteiger partial charge in [0.05, 0.1) is 16.9 Å². The summed E-state index contributed by atoms with van der Waals surface area (Å²) in [4.78, 5) is 24.6. The molecule has 0 aliphatic rings. The lowest BCUT2D eigenvalue weighted by Crippen LogP contribution is -2.42. The van der Waals surface area contributed by atoms with E-state index in [1.807, 2.05) is 30.3 Å². The lowest BCUT2D eigenvalue weighted by Gasteiger charge is -2.07. The minimum atomic E-state index is -0.555. The highest BCUT2D eigenvalue weighted by molar-refractivity contribution is 6.33. The third kappa shape index (κ3) is 3.34. The first-order valence-corrected chi connectivity index (χ1v) is 8.24. The molecule has 0 unspecified atom stereocenters. The van der Waals surface area contributed by atoms with Crippen LogP contribution in [-0.2, 0) is 0 Å². The lowest BCUT2D eigenvalue weighted by molar-refractivity contribution is 0.0845. The summed E-state index contributed by atoms with van der Waals surface area (Å²) in [6, 6.07) is 10.8. The van der Waals surface area contributed by atoms with Crippen LogP contribution in [0.3, 0.4) is 0 Å². The number of nitrogens with zero attached hydrogens (tertiary/aromatic N) is 2. The zero-order chi connectivity index (χ0) is 18.8. The molecule has 0 aliphatic carbocycles. The van der Waals surface area contributed by atoms with E-state index in [0.717, 1.165) is 5.69 Å². The van der Waals surface area contributed by atoms with Crippen LogP contribution in [0.25, 0.3) is 5.69 Å². The molecular weight excluding hydrogens is 356 g/mol. The largest absolute Gasteiger partial charge is 0.466 e. The minimum Gasteiger partial charge on any atom is -0.466 e. The topological polar surface area (TPSA) is 89.2 Å². The summed E-state index contributed by atoms with van der Waals surface area (Å²) >= 11 is 6.33. The first-order valence-electron chi connectivity index (χ1n) is 7.86. The van der Waals surface area contributed by atoms with Crippen LogP contribution in [0.5, 0.6) is 0 Å². The third-order valence-electron chi connectivity index (χ3n) is 3.81. The monoisotopic (exact) mass is 372 g/mol. The number of rotatable bonds is 3. The Hall–Kier alpha value is -3.06. The first kappa shape index (κ1) is 17.8. The molecule has 2 amide bonds. The fraction of sp³-hybridized carbons (Fsp3) is 0.167. The number of benzene rings is 1. The molecule has 0 fully saturated rings. The molecule has 2 N–H and O–H groups in total. The number of furan rings is 1. The number of aromatic nitrogens is 2. The van der Waals surface area contributed by atoms with Gasteiger partial charge in [-0.1, -0.05) is 29.8 Å². The maximum atomic E-state index is 12.5. The lowest BCUT2D eigenvalue weighted by atomic mass is 10.2. The number of para-hydroxylation sites is 1.